The monoisotopic (exact) mass is 273 g/mol. The minimum absolute atomic E-state index is 0.00581. The lowest BCUT2D eigenvalue weighted by molar-refractivity contribution is -0.111. The van der Waals surface area contributed by atoms with Crippen LogP contribution in [0.1, 0.15) is 15.3 Å². The van der Waals surface area contributed by atoms with E-state index in [9.17, 15) is 4.79 Å². The van der Waals surface area contributed by atoms with E-state index in [1.807, 2.05) is 19.1 Å². The predicted molar refractivity (Wildman–Crippen MR) is 79.1 cm³/mol. The number of benzene rings is 1. The number of amides is 1. The number of aryl methyl sites for hydroxylation is 1. The number of hydrogen-bond acceptors (Lipinski definition) is 3. The standard InChI is InChI=1S/C15H15NO2S/c1-11-2-7-14(19-11)8-9-15(18)16-13-5-3-12(10-17)4-6-13/h2-9,17H,10H2,1H3,(H,16,18). The van der Waals surface area contributed by atoms with Crippen LogP contribution >= 0.6 is 11.3 Å². The van der Waals surface area contributed by atoms with Crippen LogP contribution in [0.15, 0.2) is 42.5 Å². The highest BCUT2D eigenvalue weighted by Gasteiger charge is 1.99. The molecule has 0 atom stereocenters. The first-order valence-corrected chi connectivity index (χ1v) is 6.74. The van der Waals surface area contributed by atoms with Crippen LogP contribution in [0.25, 0.3) is 6.08 Å². The zero-order valence-corrected chi connectivity index (χ0v) is 11.4. The van der Waals surface area contributed by atoms with Gasteiger partial charge < -0.3 is 10.4 Å². The lowest BCUT2D eigenvalue weighted by Crippen LogP contribution is -2.07. The van der Waals surface area contributed by atoms with Gasteiger partial charge in [-0.1, -0.05) is 12.1 Å². The van der Waals surface area contributed by atoms with E-state index in [4.69, 9.17) is 5.11 Å². The van der Waals surface area contributed by atoms with Crippen molar-refractivity contribution in [2.45, 2.75) is 13.5 Å². The van der Waals surface area contributed by atoms with Gasteiger partial charge in [0.25, 0.3) is 0 Å². The van der Waals surface area contributed by atoms with Gasteiger partial charge in [-0.25, -0.2) is 0 Å². The van der Waals surface area contributed by atoms with Crippen LogP contribution in [-0.2, 0) is 11.4 Å². The Hall–Kier alpha value is -1.91. The molecule has 2 rings (SSSR count). The molecule has 0 unspecified atom stereocenters. The van der Waals surface area contributed by atoms with Crippen molar-refractivity contribution in [1.82, 2.24) is 0 Å². The number of carbonyl (C=O) groups excluding carboxylic acids is 1. The van der Waals surface area contributed by atoms with Crippen molar-refractivity contribution >= 4 is 29.0 Å². The molecule has 0 saturated heterocycles. The maximum Gasteiger partial charge on any atom is 0.248 e. The van der Waals surface area contributed by atoms with Gasteiger partial charge in [-0.2, -0.15) is 0 Å². The molecule has 0 spiro atoms. The predicted octanol–water partition coefficient (Wildman–Crippen LogP) is 3.20. The summed E-state index contributed by atoms with van der Waals surface area (Å²) in [5.74, 6) is -0.164. The van der Waals surface area contributed by atoms with Crippen LogP contribution in [0, 0.1) is 6.92 Å². The minimum atomic E-state index is -0.164. The van der Waals surface area contributed by atoms with E-state index in [-0.39, 0.29) is 12.5 Å². The Morgan fingerprint density at radius 1 is 1.26 bits per heavy atom. The molecular formula is C15H15NO2S. The second-order valence-corrected chi connectivity index (χ2v) is 5.45. The molecule has 1 aromatic carbocycles. The zero-order valence-electron chi connectivity index (χ0n) is 10.6. The van der Waals surface area contributed by atoms with Gasteiger partial charge in [-0.15, -0.1) is 11.3 Å². The second-order valence-electron chi connectivity index (χ2n) is 4.13. The van der Waals surface area contributed by atoms with Gasteiger partial charge in [-0.05, 0) is 42.8 Å². The molecule has 98 valence electrons. The molecular weight excluding hydrogens is 258 g/mol. The van der Waals surface area contributed by atoms with Crippen molar-refractivity contribution in [1.29, 1.82) is 0 Å². The number of hydrogen-bond donors (Lipinski definition) is 2. The van der Waals surface area contributed by atoms with E-state index in [0.29, 0.717) is 5.69 Å². The second kappa shape index (κ2) is 6.31. The van der Waals surface area contributed by atoms with E-state index in [1.165, 1.54) is 11.0 Å². The molecule has 1 heterocycles. The summed E-state index contributed by atoms with van der Waals surface area (Å²) in [5, 5.41) is 11.7. The molecule has 1 aromatic heterocycles. The Balaban J connectivity index is 1.95. The number of aliphatic hydroxyl groups is 1. The van der Waals surface area contributed by atoms with E-state index < -0.39 is 0 Å². The van der Waals surface area contributed by atoms with Gasteiger partial charge in [0.1, 0.15) is 0 Å². The zero-order chi connectivity index (χ0) is 13.7. The molecule has 0 fully saturated rings. The number of nitrogens with one attached hydrogen (secondary N) is 1. The normalized spacial score (nSPS) is 10.8. The van der Waals surface area contributed by atoms with Gasteiger partial charge in [0, 0.05) is 21.5 Å². The quantitative estimate of drug-likeness (QED) is 0.840. The molecule has 0 saturated carbocycles. The van der Waals surface area contributed by atoms with Gasteiger partial charge in [-0.3, -0.25) is 4.79 Å². The highest BCUT2D eigenvalue weighted by molar-refractivity contribution is 7.12. The Labute approximate surface area is 116 Å². The Morgan fingerprint density at radius 3 is 2.58 bits per heavy atom. The van der Waals surface area contributed by atoms with Crippen LogP contribution in [0.5, 0.6) is 0 Å². The Morgan fingerprint density at radius 2 is 2.00 bits per heavy atom. The van der Waals surface area contributed by atoms with Gasteiger partial charge in [0.05, 0.1) is 6.61 Å². The highest BCUT2D eigenvalue weighted by Crippen LogP contribution is 2.16. The lowest BCUT2D eigenvalue weighted by Gasteiger charge is -2.02. The fourth-order valence-corrected chi connectivity index (χ4v) is 2.36. The molecule has 0 aliphatic heterocycles. The van der Waals surface area contributed by atoms with Crippen molar-refractivity contribution in [3.05, 3.63) is 57.8 Å². The summed E-state index contributed by atoms with van der Waals surface area (Å²) in [6.07, 6.45) is 3.32. The fourth-order valence-electron chi connectivity index (χ4n) is 1.58. The average molecular weight is 273 g/mol. The first kappa shape index (κ1) is 13.5. The first-order valence-electron chi connectivity index (χ1n) is 5.92. The summed E-state index contributed by atoms with van der Waals surface area (Å²) in [6.45, 7) is 2.04. The van der Waals surface area contributed by atoms with Crippen LogP contribution in [0.4, 0.5) is 5.69 Å². The van der Waals surface area contributed by atoms with Crippen molar-refractivity contribution in [3.8, 4) is 0 Å². The molecule has 0 aliphatic carbocycles. The largest absolute Gasteiger partial charge is 0.392 e. The number of anilines is 1. The smallest absolute Gasteiger partial charge is 0.248 e. The molecule has 2 aromatic rings. The molecule has 19 heavy (non-hydrogen) atoms. The molecule has 3 nitrogen and oxygen atoms in total. The summed E-state index contributed by atoms with van der Waals surface area (Å²) in [6, 6.07) is 11.1. The third-order valence-corrected chi connectivity index (χ3v) is 3.53. The molecule has 0 radical (unpaired) electrons. The van der Waals surface area contributed by atoms with Crippen LogP contribution in [0.3, 0.4) is 0 Å². The van der Waals surface area contributed by atoms with E-state index in [2.05, 4.69) is 5.32 Å². The van der Waals surface area contributed by atoms with Crippen LogP contribution in [-0.4, -0.2) is 11.0 Å². The Kier molecular flexibility index (Phi) is 4.49. The third-order valence-electron chi connectivity index (χ3n) is 2.56. The SMILES string of the molecule is Cc1ccc(C=CC(=O)Nc2ccc(CO)cc2)s1. The number of thiophene rings is 1. The fraction of sp³-hybridized carbons (Fsp3) is 0.133. The van der Waals surface area contributed by atoms with E-state index in [0.717, 1.165) is 10.4 Å². The van der Waals surface area contributed by atoms with Crippen molar-refractivity contribution in [2.24, 2.45) is 0 Å². The molecule has 1 amide bonds. The maximum atomic E-state index is 11.7. The summed E-state index contributed by atoms with van der Waals surface area (Å²) in [4.78, 5) is 14.0. The lowest BCUT2D eigenvalue weighted by atomic mass is 10.2. The summed E-state index contributed by atoms with van der Waals surface area (Å²) in [7, 11) is 0. The van der Waals surface area contributed by atoms with Gasteiger partial charge in [0.2, 0.25) is 5.91 Å². The molecule has 0 bridgehead atoms. The van der Waals surface area contributed by atoms with E-state index >= 15 is 0 Å². The number of aliphatic hydroxyl groups excluding tert-OH is 1. The number of rotatable bonds is 4. The summed E-state index contributed by atoms with van der Waals surface area (Å²) in [5.41, 5.74) is 1.54. The third kappa shape index (κ3) is 4.05. The minimum Gasteiger partial charge on any atom is -0.392 e. The van der Waals surface area contributed by atoms with Crippen LogP contribution < -0.4 is 5.32 Å². The van der Waals surface area contributed by atoms with E-state index in [1.54, 1.807) is 41.7 Å². The van der Waals surface area contributed by atoms with Crippen molar-refractivity contribution in [2.75, 3.05) is 5.32 Å². The summed E-state index contributed by atoms with van der Waals surface area (Å²) >= 11 is 1.65. The molecule has 4 heteroatoms. The first-order chi connectivity index (χ1) is 9.17. The van der Waals surface area contributed by atoms with Crippen molar-refractivity contribution in [3.63, 3.8) is 0 Å². The van der Waals surface area contributed by atoms with Gasteiger partial charge in [0.15, 0.2) is 0 Å². The summed E-state index contributed by atoms with van der Waals surface area (Å²) < 4.78 is 0. The topological polar surface area (TPSA) is 49.3 Å². The Bertz CT molecular complexity index is 584. The highest BCUT2D eigenvalue weighted by atomic mass is 32.1. The maximum absolute atomic E-state index is 11.7. The number of carbonyl (C=O) groups is 1. The van der Waals surface area contributed by atoms with Gasteiger partial charge >= 0.3 is 0 Å². The average Bonchev–Trinajstić information content (AvgIpc) is 2.83. The van der Waals surface area contributed by atoms with Crippen molar-refractivity contribution < 1.29 is 9.90 Å². The molecule has 2 N–H and O–H groups in total. The van der Waals surface area contributed by atoms with Crippen LogP contribution in [0.2, 0.25) is 0 Å². The molecule has 0 aliphatic rings.